The summed E-state index contributed by atoms with van der Waals surface area (Å²) in [7, 11) is 0. The highest BCUT2D eigenvalue weighted by atomic mass is 19.1. The number of hydrogen-bond donors (Lipinski definition) is 0. The Morgan fingerprint density at radius 1 is 0.565 bits per heavy atom. The Hall–Kier alpha value is -2.68. The fourth-order valence-corrected chi connectivity index (χ4v) is 2.50. The molecule has 0 fully saturated rings. The summed E-state index contributed by atoms with van der Waals surface area (Å²) in [5, 5.41) is 0. The molecule has 0 bridgehead atoms. The first-order chi connectivity index (χ1) is 11.0. The van der Waals surface area contributed by atoms with Crippen LogP contribution >= 0.6 is 0 Å². The summed E-state index contributed by atoms with van der Waals surface area (Å²) in [6.07, 6.45) is 0. The van der Waals surface area contributed by atoms with E-state index in [0.717, 1.165) is 28.6 Å². The molecule has 0 saturated heterocycles. The maximum absolute atomic E-state index is 13.7. The molecule has 0 radical (unpaired) electrons. The molecule has 3 aromatic carbocycles. The van der Waals surface area contributed by atoms with Gasteiger partial charge in [-0.2, -0.15) is 0 Å². The van der Waals surface area contributed by atoms with Crippen molar-refractivity contribution in [3.05, 3.63) is 89.5 Å². The lowest BCUT2D eigenvalue weighted by atomic mass is 10.1. The first-order valence-corrected chi connectivity index (χ1v) is 7.42. The molecule has 0 aromatic heterocycles. The van der Waals surface area contributed by atoms with E-state index < -0.39 is 11.6 Å². The van der Waals surface area contributed by atoms with Crippen LogP contribution in [0, 0.1) is 25.5 Å². The van der Waals surface area contributed by atoms with E-state index >= 15 is 0 Å². The van der Waals surface area contributed by atoms with Gasteiger partial charge in [-0.15, -0.1) is 0 Å². The van der Waals surface area contributed by atoms with E-state index in [2.05, 4.69) is 0 Å². The number of hydrogen-bond acceptors (Lipinski definition) is 1. The monoisotopic (exact) mass is 309 g/mol. The molecule has 3 heteroatoms. The average molecular weight is 309 g/mol. The summed E-state index contributed by atoms with van der Waals surface area (Å²) < 4.78 is 27.4. The van der Waals surface area contributed by atoms with Crippen LogP contribution in [-0.4, -0.2) is 0 Å². The molecule has 0 unspecified atom stereocenters. The van der Waals surface area contributed by atoms with E-state index in [1.54, 1.807) is 0 Å². The lowest BCUT2D eigenvalue weighted by molar-refractivity contribution is 0.584. The van der Waals surface area contributed by atoms with E-state index in [-0.39, 0.29) is 0 Å². The van der Waals surface area contributed by atoms with Crippen molar-refractivity contribution >= 4 is 17.1 Å². The molecule has 0 N–H and O–H groups in total. The van der Waals surface area contributed by atoms with E-state index in [1.165, 1.54) is 12.1 Å². The van der Waals surface area contributed by atoms with Gasteiger partial charge in [0.2, 0.25) is 0 Å². The van der Waals surface area contributed by atoms with Crippen LogP contribution < -0.4 is 4.90 Å². The van der Waals surface area contributed by atoms with Crippen molar-refractivity contribution in [1.29, 1.82) is 0 Å². The minimum Gasteiger partial charge on any atom is -0.310 e. The van der Waals surface area contributed by atoms with Crippen LogP contribution in [0.1, 0.15) is 11.1 Å². The summed E-state index contributed by atoms with van der Waals surface area (Å²) >= 11 is 0. The van der Waals surface area contributed by atoms with Crippen LogP contribution in [0.4, 0.5) is 25.8 Å². The maximum Gasteiger partial charge on any atom is 0.128 e. The van der Waals surface area contributed by atoms with Crippen molar-refractivity contribution in [3.63, 3.8) is 0 Å². The van der Waals surface area contributed by atoms with Crippen molar-refractivity contribution in [3.8, 4) is 0 Å². The summed E-state index contributed by atoms with van der Waals surface area (Å²) in [6.45, 7) is 4.00. The second-order valence-electron chi connectivity index (χ2n) is 5.63. The highest BCUT2D eigenvalue weighted by Crippen LogP contribution is 2.35. The van der Waals surface area contributed by atoms with Crippen LogP contribution in [0.15, 0.2) is 66.7 Å². The average Bonchev–Trinajstić information content (AvgIpc) is 2.50. The second-order valence-corrected chi connectivity index (χ2v) is 5.63. The van der Waals surface area contributed by atoms with Gasteiger partial charge in [-0.05, 0) is 50.2 Å². The van der Waals surface area contributed by atoms with Crippen LogP contribution in [0.3, 0.4) is 0 Å². The van der Waals surface area contributed by atoms with Gasteiger partial charge in [0.05, 0.1) is 5.69 Å². The first-order valence-electron chi connectivity index (χ1n) is 7.42. The predicted molar refractivity (Wildman–Crippen MR) is 90.5 cm³/mol. The number of anilines is 3. The Labute approximate surface area is 134 Å². The van der Waals surface area contributed by atoms with Crippen molar-refractivity contribution < 1.29 is 8.78 Å². The normalized spacial score (nSPS) is 10.6. The zero-order chi connectivity index (χ0) is 16.4. The molecule has 116 valence electrons. The van der Waals surface area contributed by atoms with Gasteiger partial charge in [0, 0.05) is 17.4 Å². The summed E-state index contributed by atoms with van der Waals surface area (Å²) in [5.41, 5.74) is 4.41. The lowest BCUT2D eigenvalue weighted by Gasteiger charge is -2.25. The SMILES string of the molecule is Cc1ccc(N(c2ccc(C)cc2)c2cc(F)cc(F)c2)cc1. The Morgan fingerprint density at radius 2 is 0.957 bits per heavy atom. The molecular formula is C20H17F2N. The molecule has 0 aliphatic rings. The van der Waals surface area contributed by atoms with Gasteiger partial charge >= 0.3 is 0 Å². The summed E-state index contributed by atoms with van der Waals surface area (Å²) in [6, 6.07) is 19.2. The van der Waals surface area contributed by atoms with E-state index in [4.69, 9.17) is 0 Å². The zero-order valence-corrected chi connectivity index (χ0v) is 13.1. The van der Waals surface area contributed by atoms with Crippen molar-refractivity contribution in [2.45, 2.75) is 13.8 Å². The molecule has 0 saturated carbocycles. The number of halogens is 2. The summed E-state index contributed by atoms with van der Waals surface area (Å²) in [5.74, 6) is -1.19. The molecule has 23 heavy (non-hydrogen) atoms. The van der Waals surface area contributed by atoms with Gasteiger partial charge in [-0.1, -0.05) is 35.4 Å². The molecular weight excluding hydrogens is 292 g/mol. The molecule has 0 heterocycles. The number of nitrogens with zero attached hydrogens (tertiary/aromatic N) is 1. The standard InChI is InChI=1S/C20H17F2N/c1-14-3-7-18(8-4-14)23(19-9-5-15(2)6-10-19)20-12-16(21)11-17(22)13-20/h3-13H,1-2H3. The maximum atomic E-state index is 13.7. The predicted octanol–water partition coefficient (Wildman–Crippen LogP) is 6.05. The molecule has 0 atom stereocenters. The topological polar surface area (TPSA) is 3.24 Å². The third-order valence-electron chi connectivity index (χ3n) is 3.69. The highest BCUT2D eigenvalue weighted by molar-refractivity contribution is 5.76. The largest absolute Gasteiger partial charge is 0.310 e. The van der Waals surface area contributed by atoms with Gasteiger partial charge in [-0.25, -0.2) is 8.78 Å². The van der Waals surface area contributed by atoms with Gasteiger partial charge in [0.15, 0.2) is 0 Å². The summed E-state index contributed by atoms with van der Waals surface area (Å²) in [4.78, 5) is 1.84. The van der Waals surface area contributed by atoms with Crippen LogP contribution in [0.2, 0.25) is 0 Å². The number of rotatable bonds is 3. The third-order valence-corrected chi connectivity index (χ3v) is 3.69. The third kappa shape index (κ3) is 3.39. The second kappa shape index (κ2) is 6.21. The van der Waals surface area contributed by atoms with E-state index in [9.17, 15) is 8.78 Å². The van der Waals surface area contributed by atoms with Crippen LogP contribution in [-0.2, 0) is 0 Å². The van der Waals surface area contributed by atoms with E-state index in [1.807, 2.05) is 67.3 Å². The smallest absolute Gasteiger partial charge is 0.128 e. The Kier molecular flexibility index (Phi) is 4.11. The quantitative estimate of drug-likeness (QED) is 0.569. The number of aryl methyl sites for hydroxylation is 2. The first kappa shape index (κ1) is 15.2. The van der Waals surface area contributed by atoms with Crippen molar-refractivity contribution in [1.82, 2.24) is 0 Å². The van der Waals surface area contributed by atoms with Gasteiger partial charge < -0.3 is 4.90 Å². The zero-order valence-electron chi connectivity index (χ0n) is 13.1. The molecule has 0 aliphatic carbocycles. The minimum atomic E-state index is -0.593. The molecule has 0 amide bonds. The molecule has 1 nitrogen and oxygen atoms in total. The molecule has 3 rings (SSSR count). The Morgan fingerprint density at radius 3 is 1.35 bits per heavy atom. The van der Waals surface area contributed by atoms with Crippen molar-refractivity contribution in [2.24, 2.45) is 0 Å². The lowest BCUT2D eigenvalue weighted by Crippen LogP contribution is -2.10. The van der Waals surface area contributed by atoms with Crippen molar-refractivity contribution in [2.75, 3.05) is 4.90 Å². The molecule has 0 spiro atoms. The highest BCUT2D eigenvalue weighted by Gasteiger charge is 2.14. The Balaban J connectivity index is 2.16. The van der Waals surface area contributed by atoms with E-state index in [0.29, 0.717) is 5.69 Å². The number of benzene rings is 3. The molecule has 3 aromatic rings. The molecule has 0 aliphatic heterocycles. The Bertz CT molecular complexity index is 742. The van der Waals surface area contributed by atoms with Gasteiger partial charge in [-0.3, -0.25) is 0 Å². The van der Waals surface area contributed by atoms with Crippen LogP contribution in [0.25, 0.3) is 0 Å². The minimum absolute atomic E-state index is 0.454. The van der Waals surface area contributed by atoms with Gasteiger partial charge in [0.25, 0.3) is 0 Å². The van der Waals surface area contributed by atoms with Gasteiger partial charge in [0.1, 0.15) is 11.6 Å². The van der Waals surface area contributed by atoms with Crippen LogP contribution in [0.5, 0.6) is 0 Å². The fourth-order valence-electron chi connectivity index (χ4n) is 2.50. The fraction of sp³-hybridized carbons (Fsp3) is 0.100.